The summed E-state index contributed by atoms with van der Waals surface area (Å²) in [5, 5.41) is 0. The first-order valence-electron chi connectivity index (χ1n) is 3.43. The van der Waals surface area contributed by atoms with Gasteiger partial charge in [-0.15, -0.1) is 12.3 Å². The molecule has 0 aliphatic heterocycles. The summed E-state index contributed by atoms with van der Waals surface area (Å²) in [5.41, 5.74) is 0. The van der Waals surface area contributed by atoms with E-state index < -0.39 is 6.09 Å². The molecule has 0 N–H and O–H groups in total. The molecule has 0 atom stereocenters. The molecule has 1 rings (SSSR count). The van der Waals surface area contributed by atoms with Crippen molar-refractivity contribution in [3.63, 3.8) is 0 Å². The lowest BCUT2D eigenvalue weighted by atomic mass is 10.5. The maximum Gasteiger partial charge on any atom is 0.419 e. The minimum absolute atomic E-state index is 0.244. The lowest BCUT2D eigenvalue weighted by Gasteiger charge is -2.00. The summed E-state index contributed by atoms with van der Waals surface area (Å²) >= 11 is 0. The second-order valence-corrected chi connectivity index (χ2v) is 2.04. The van der Waals surface area contributed by atoms with Crippen molar-refractivity contribution in [1.29, 1.82) is 0 Å². The Morgan fingerprint density at radius 3 is 3.17 bits per heavy atom. The molecule has 0 fully saturated rings. The van der Waals surface area contributed by atoms with Crippen molar-refractivity contribution in [2.75, 3.05) is 6.61 Å². The smallest absolute Gasteiger partial charge is 0.419 e. The number of nitrogens with zero attached hydrogens (tertiary/aromatic N) is 2. The van der Waals surface area contributed by atoms with Crippen molar-refractivity contribution in [1.82, 2.24) is 9.55 Å². The molecule has 0 aliphatic carbocycles. The normalized spacial score (nSPS) is 8.92. The second-order valence-electron chi connectivity index (χ2n) is 2.04. The predicted octanol–water partition coefficient (Wildman–Crippen LogP) is 0.891. The Kier molecular flexibility index (Phi) is 2.91. The largest absolute Gasteiger partial charge is 0.448 e. The molecule has 0 radical (unpaired) electrons. The summed E-state index contributed by atoms with van der Waals surface area (Å²) in [7, 11) is 0. The van der Waals surface area contributed by atoms with Crippen LogP contribution in [0.15, 0.2) is 18.7 Å². The molecular formula is C8H8N2O2. The van der Waals surface area contributed by atoms with Gasteiger partial charge in [0.1, 0.15) is 12.9 Å². The third-order valence-corrected chi connectivity index (χ3v) is 1.19. The number of rotatable bonds is 2. The first-order chi connectivity index (χ1) is 5.84. The molecule has 0 saturated heterocycles. The van der Waals surface area contributed by atoms with E-state index >= 15 is 0 Å². The molecule has 0 unspecified atom stereocenters. The highest BCUT2D eigenvalue weighted by atomic mass is 16.5. The molecule has 0 bridgehead atoms. The highest BCUT2D eigenvalue weighted by Crippen LogP contribution is 1.90. The van der Waals surface area contributed by atoms with Crippen LogP contribution >= 0.6 is 0 Å². The van der Waals surface area contributed by atoms with E-state index in [1.807, 2.05) is 0 Å². The van der Waals surface area contributed by atoms with Gasteiger partial charge < -0.3 is 4.74 Å². The van der Waals surface area contributed by atoms with Gasteiger partial charge in [-0.2, -0.15) is 0 Å². The second kappa shape index (κ2) is 4.19. The van der Waals surface area contributed by atoms with Gasteiger partial charge in [0.15, 0.2) is 0 Å². The quantitative estimate of drug-likeness (QED) is 0.481. The molecule has 4 heteroatoms. The number of ether oxygens (including phenoxy) is 1. The van der Waals surface area contributed by atoms with E-state index in [2.05, 4.69) is 10.9 Å². The SMILES string of the molecule is C#CCCOC(=O)n1ccnc1. The van der Waals surface area contributed by atoms with Crippen LogP contribution in [0.4, 0.5) is 4.79 Å². The van der Waals surface area contributed by atoms with Gasteiger partial charge in [-0.05, 0) is 0 Å². The van der Waals surface area contributed by atoms with E-state index in [-0.39, 0.29) is 6.61 Å². The first kappa shape index (κ1) is 8.34. The molecule has 0 amide bonds. The van der Waals surface area contributed by atoms with Gasteiger partial charge in [0.2, 0.25) is 0 Å². The Bertz CT molecular complexity index is 285. The highest BCUT2D eigenvalue weighted by molar-refractivity contribution is 5.69. The van der Waals surface area contributed by atoms with E-state index in [9.17, 15) is 4.79 Å². The van der Waals surface area contributed by atoms with Crippen molar-refractivity contribution >= 4 is 6.09 Å². The van der Waals surface area contributed by atoms with Gasteiger partial charge in [-0.1, -0.05) is 0 Å². The Morgan fingerprint density at radius 1 is 1.75 bits per heavy atom. The van der Waals surface area contributed by atoms with Crippen LogP contribution in [0.25, 0.3) is 0 Å². The summed E-state index contributed by atoms with van der Waals surface area (Å²) in [6.07, 6.45) is 9.34. The zero-order valence-electron chi connectivity index (χ0n) is 6.43. The number of terminal acetylenes is 1. The molecule has 0 saturated carbocycles. The Balaban J connectivity index is 2.36. The van der Waals surface area contributed by atoms with Crippen molar-refractivity contribution < 1.29 is 9.53 Å². The van der Waals surface area contributed by atoms with Gasteiger partial charge >= 0.3 is 6.09 Å². The Labute approximate surface area is 70.2 Å². The summed E-state index contributed by atoms with van der Waals surface area (Å²) < 4.78 is 6.01. The number of imidazole rings is 1. The third-order valence-electron chi connectivity index (χ3n) is 1.19. The van der Waals surface area contributed by atoms with Gasteiger partial charge in [0.05, 0.1) is 0 Å². The summed E-state index contributed by atoms with van der Waals surface area (Å²) in [6.45, 7) is 0.244. The molecule has 0 aliphatic rings. The monoisotopic (exact) mass is 164 g/mol. The first-order valence-corrected chi connectivity index (χ1v) is 3.43. The van der Waals surface area contributed by atoms with E-state index in [0.29, 0.717) is 6.42 Å². The molecule has 62 valence electrons. The lowest BCUT2D eigenvalue weighted by Crippen LogP contribution is -2.12. The molecule has 1 aromatic heterocycles. The summed E-state index contributed by atoms with van der Waals surface area (Å²) in [4.78, 5) is 14.7. The number of aromatic nitrogens is 2. The summed E-state index contributed by atoms with van der Waals surface area (Å²) in [5.74, 6) is 2.37. The van der Waals surface area contributed by atoms with Gasteiger partial charge in [-0.3, -0.25) is 0 Å². The van der Waals surface area contributed by atoms with Crippen LogP contribution < -0.4 is 0 Å². The van der Waals surface area contributed by atoms with E-state index in [4.69, 9.17) is 11.2 Å². The molecule has 1 aromatic rings. The Morgan fingerprint density at radius 2 is 2.58 bits per heavy atom. The van der Waals surface area contributed by atoms with Crippen LogP contribution in [-0.4, -0.2) is 22.3 Å². The van der Waals surface area contributed by atoms with Crippen LogP contribution in [0, 0.1) is 12.3 Å². The van der Waals surface area contributed by atoms with E-state index in [1.165, 1.54) is 23.3 Å². The predicted molar refractivity (Wildman–Crippen MR) is 42.4 cm³/mol. The highest BCUT2D eigenvalue weighted by Gasteiger charge is 2.02. The standard InChI is InChI=1S/C8H8N2O2/c1-2-3-6-12-8(11)10-5-4-9-7-10/h1,4-5,7H,3,6H2. The van der Waals surface area contributed by atoms with Crippen LogP contribution in [0.5, 0.6) is 0 Å². The van der Waals surface area contributed by atoms with Gasteiger partial charge in [0, 0.05) is 18.8 Å². The van der Waals surface area contributed by atoms with Crippen LogP contribution in [-0.2, 0) is 4.74 Å². The van der Waals surface area contributed by atoms with E-state index in [0.717, 1.165) is 0 Å². The van der Waals surface area contributed by atoms with Crippen molar-refractivity contribution in [2.45, 2.75) is 6.42 Å². The minimum Gasteiger partial charge on any atom is -0.448 e. The zero-order valence-corrected chi connectivity index (χ0v) is 6.43. The minimum atomic E-state index is -0.456. The van der Waals surface area contributed by atoms with E-state index in [1.54, 1.807) is 0 Å². The maximum atomic E-state index is 11.0. The average molecular weight is 164 g/mol. The van der Waals surface area contributed by atoms with Crippen molar-refractivity contribution in [2.24, 2.45) is 0 Å². The number of carbonyl (C=O) groups is 1. The Hall–Kier alpha value is -1.76. The molecular weight excluding hydrogens is 156 g/mol. The number of hydrogen-bond acceptors (Lipinski definition) is 3. The molecule has 12 heavy (non-hydrogen) atoms. The fourth-order valence-corrected chi connectivity index (χ4v) is 0.639. The molecule has 0 spiro atoms. The van der Waals surface area contributed by atoms with Crippen LogP contribution in [0.1, 0.15) is 6.42 Å². The lowest BCUT2D eigenvalue weighted by molar-refractivity contribution is 0.150. The van der Waals surface area contributed by atoms with Gasteiger partial charge in [0.25, 0.3) is 0 Å². The van der Waals surface area contributed by atoms with Gasteiger partial charge in [-0.25, -0.2) is 14.3 Å². The topological polar surface area (TPSA) is 44.1 Å². The number of carbonyl (C=O) groups excluding carboxylic acids is 1. The van der Waals surface area contributed by atoms with Crippen LogP contribution in [0.3, 0.4) is 0 Å². The molecule has 1 heterocycles. The fraction of sp³-hybridized carbons (Fsp3) is 0.250. The number of hydrogen-bond donors (Lipinski definition) is 0. The third kappa shape index (κ3) is 2.13. The van der Waals surface area contributed by atoms with Crippen molar-refractivity contribution in [3.8, 4) is 12.3 Å². The molecule has 4 nitrogen and oxygen atoms in total. The van der Waals surface area contributed by atoms with Crippen molar-refractivity contribution in [3.05, 3.63) is 18.7 Å². The van der Waals surface area contributed by atoms with Crippen LogP contribution in [0.2, 0.25) is 0 Å². The molecule has 0 aromatic carbocycles. The fourth-order valence-electron chi connectivity index (χ4n) is 0.639. The summed E-state index contributed by atoms with van der Waals surface area (Å²) in [6, 6.07) is 0. The maximum absolute atomic E-state index is 11.0. The average Bonchev–Trinajstić information content (AvgIpc) is 2.56. The zero-order chi connectivity index (χ0) is 8.81.